The number of likely N-dealkylation sites (tertiary alicyclic amines) is 1. The second-order valence-corrected chi connectivity index (χ2v) is 6.20. The molecule has 2 rings (SSSR count). The molecule has 18 heavy (non-hydrogen) atoms. The van der Waals surface area contributed by atoms with Crippen molar-refractivity contribution in [2.24, 2.45) is 5.41 Å². The Balaban J connectivity index is 2.17. The fourth-order valence-corrected chi connectivity index (χ4v) is 2.87. The zero-order chi connectivity index (χ0) is 13.3. The Labute approximate surface area is 109 Å². The number of phenols is 2. The third kappa shape index (κ3) is 2.96. The molecule has 2 N–H and O–H groups in total. The molecule has 1 aromatic carbocycles. The summed E-state index contributed by atoms with van der Waals surface area (Å²) in [5, 5.41) is 19.1. The quantitative estimate of drug-likeness (QED) is 0.845. The first-order valence-electron chi connectivity index (χ1n) is 6.64. The minimum atomic E-state index is 0.133. The average Bonchev–Trinajstić information content (AvgIpc) is 2.25. The Morgan fingerprint density at radius 1 is 1.17 bits per heavy atom. The highest BCUT2D eigenvalue weighted by atomic mass is 16.3. The van der Waals surface area contributed by atoms with Gasteiger partial charge in [-0.25, -0.2) is 0 Å². The molecular formula is C15H23NO2. The standard InChI is InChI=1S/C15H23NO2/c1-11(12-7-13(17)9-14(18)8-12)16-6-4-5-15(2,3)10-16/h7-9,11,17-18H,4-6,10H2,1-3H3. The molecule has 1 saturated heterocycles. The van der Waals surface area contributed by atoms with Crippen LogP contribution in [0.5, 0.6) is 11.5 Å². The first kappa shape index (κ1) is 13.2. The van der Waals surface area contributed by atoms with E-state index in [0.717, 1.165) is 18.7 Å². The van der Waals surface area contributed by atoms with E-state index >= 15 is 0 Å². The maximum Gasteiger partial charge on any atom is 0.119 e. The van der Waals surface area contributed by atoms with Gasteiger partial charge >= 0.3 is 0 Å². The number of benzene rings is 1. The van der Waals surface area contributed by atoms with Crippen molar-refractivity contribution in [2.75, 3.05) is 13.1 Å². The topological polar surface area (TPSA) is 43.7 Å². The molecule has 0 aliphatic carbocycles. The third-order valence-electron chi connectivity index (χ3n) is 3.88. The number of hydrogen-bond acceptors (Lipinski definition) is 3. The summed E-state index contributed by atoms with van der Waals surface area (Å²) in [4.78, 5) is 2.43. The summed E-state index contributed by atoms with van der Waals surface area (Å²) in [6.45, 7) is 8.87. The largest absolute Gasteiger partial charge is 0.508 e. The molecule has 1 heterocycles. The molecule has 1 aliphatic heterocycles. The molecule has 0 radical (unpaired) electrons. The predicted molar refractivity (Wildman–Crippen MR) is 72.8 cm³/mol. The number of phenolic OH excluding ortho intramolecular Hbond substituents is 2. The summed E-state index contributed by atoms with van der Waals surface area (Å²) in [5.41, 5.74) is 1.33. The van der Waals surface area contributed by atoms with Gasteiger partial charge in [0.05, 0.1) is 0 Å². The van der Waals surface area contributed by atoms with Crippen LogP contribution >= 0.6 is 0 Å². The number of rotatable bonds is 2. The summed E-state index contributed by atoms with van der Waals surface area (Å²) < 4.78 is 0. The van der Waals surface area contributed by atoms with E-state index in [4.69, 9.17) is 0 Å². The Kier molecular flexibility index (Phi) is 3.53. The molecule has 0 amide bonds. The summed E-state index contributed by atoms with van der Waals surface area (Å²) in [6, 6.07) is 5.08. The van der Waals surface area contributed by atoms with Crippen molar-refractivity contribution >= 4 is 0 Å². The van der Waals surface area contributed by atoms with Crippen LogP contribution in [0.4, 0.5) is 0 Å². The van der Waals surface area contributed by atoms with Crippen LogP contribution in [0.1, 0.15) is 45.2 Å². The van der Waals surface area contributed by atoms with Crippen LogP contribution in [-0.2, 0) is 0 Å². The predicted octanol–water partition coefficient (Wildman–Crippen LogP) is 3.28. The average molecular weight is 249 g/mol. The first-order valence-corrected chi connectivity index (χ1v) is 6.64. The molecule has 100 valence electrons. The molecule has 1 atom stereocenters. The molecule has 0 spiro atoms. The van der Waals surface area contributed by atoms with Crippen molar-refractivity contribution in [3.8, 4) is 11.5 Å². The molecule has 1 aliphatic rings. The summed E-state index contributed by atoms with van der Waals surface area (Å²) in [5.74, 6) is 0.265. The molecule has 1 fully saturated rings. The van der Waals surface area contributed by atoms with Gasteiger partial charge in [-0.2, -0.15) is 0 Å². The number of nitrogens with zero attached hydrogens (tertiary/aromatic N) is 1. The van der Waals surface area contributed by atoms with Crippen LogP contribution in [0.15, 0.2) is 18.2 Å². The molecule has 0 aromatic heterocycles. The Bertz CT molecular complexity index is 408. The van der Waals surface area contributed by atoms with Crippen LogP contribution in [-0.4, -0.2) is 28.2 Å². The lowest BCUT2D eigenvalue weighted by Gasteiger charge is -2.41. The SMILES string of the molecule is CC(c1cc(O)cc(O)c1)N1CCCC(C)(C)C1. The number of piperidine rings is 1. The van der Waals surface area contributed by atoms with E-state index in [9.17, 15) is 10.2 Å². The zero-order valence-corrected chi connectivity index (χ0v) is 11.5. The van der Waals surface area contributed by atoms with Crippen LogP contribution in [0.2, 0.25) is 0 Å². The van der Waals surface area contributed by atoms with Gasteiger partial charge in [0, 0.05) is 18.7 Å². The van der Waals surface area contributed by atoms with Gasteiger partial charge in [-0.1, -0.05) is 13.8 Å². The van der Waals surface area contributed by atoms with Crippen molar-refractivity contribution in [3.63, 3.8) is 0 Å². The van der Waals surface area contributed by atoms with Gasteiger partial charge in [0.1, 0.15) is 11.5 Å². The van der Waals surface area contributed by atoms with Crippen LogP contribution in [0.25, 0.3) is 0 Å². The summed E-state index contributed by atoms with van der Waals surface area (Å²) in [6.07, 6.45) is 2.48. The molecule has 0 saturated carbocycles. The molecule has 3 nitrogen and oxygen atoms in total. The van der Waals surface area contributed by atoms with E-state index in [0.29, 0.717) is 5.41 Å². The lowest BCUT2D eigenvalue weighted by Crippen LogP contribution is -2.41. The monoisotopic (exact) mass is 249 g/mol. The van der Waals surface area contributed by atoms with Gasteiger partial charge in [0.2, 0.25) is 0 Å². The number of hydrogen-bond donors (Lipinski definition) is 2. The van der Waals surface area contributed by atoms with Crippen LogP contribution < -0.4 is 0 Å². The molecule has 1 unspecified atom stereocenters. The van der Waals surface area contributed by atoms with E-state index in [1.54, 1.807) is 12.1 Å². The third-order valence-corrected chi connectivity index (χ3v) is 3.88. The fourth-order valence-electron chi connectivity index (χ4n) is 2.87. The van der Waals surface area contributed by atoms with E-state index in [1.165, 1.54) is 18.9 Å². The highest BCUT2D eigenvalue weighted by Crippen LogP contribution is 2.35. The minimum absolute atomic E-state index is 0.133. The maximum absolute atomic E-state index is 9.57. The normalized spacial score (nSPS) is 21.7. The molecule has 3 heteroatoms. The molecule has 1 aromatic rings. The highest BCUT2D eigenvalue weighted by molar-refractivity contribution is 5.38. The van der Waals surface area contributed by atoms with Gasteiger partial charge in [-0.3, -0.25) is 4.90 Å². The van der Waals surface area contributed by atoms with Crippen LogP contribution in [0, 0.1) is 5.41 Å². The molecule has 0 bridgehead atoms. The summed E-state index contributed by atoms with van der Waals surface area (Å²) in [7, 11) is 0. The highest BCUT2D eigenvalue weighted by Gasteiger charge is 2.29. The smallest absolute Gasteiger partial charge is 0.119 e. The van der Waals surface area contributed by atoms with Crippen molar-refractivity contribution in [3.05, 3.63) is 23.8 Å². The number of aromatic hydroxyl groups is 2. The van der Waals surface area contributed by atoms with E-state index in [2.05, 4.69) is 25.7 Å². The second kappa shape index (κ2) is 4.81. The van der Waals surface area contributed by atoms with Crippen molar-refractivity contribution in [1.29, 1.82) is 0 Å². The van der Waals surface area contributed by atoms with Gasteiger partial charge < -0.3 is 10.2 Å². The van der Waals surface area contributed by atoms with E-state index in [-0.39, 0.29) is 17.5 Å². The molecular weight excluding hydrogens is 226 g/mol. The summed E-state index contributed by atoms with van der Waals surface area (Å²) >= 11 is 0. The Hall–Kier alpha value is -1.22. The van der Waals surface area contributed by atoms with Crippen molar-refractivity contribution < 1.29 is 10.2 Å². The Morgan fingerprint density at radius 3 is 2.33 bits per heavy atom. The maximum atomic E-state index is 9.57. The van der Waals surface area contributed by atoms with Crippen molar-refractivity contribution in [2.45, 2.75) is 39.7 Å². The Morgan fingerprint density at radius 2 is 1.78 bits per heavy atom. The second-order valence-electron chi connectivity index (χ2n) is 6.20. The minimum Gasteiger partial charge on any atom is -0.508 e. The lowest BCUT2D eigenvalue weighted by atomic mass is 9.83. The van der Waals surface area contributed by atoms with Gasteiger partial charge in [-0.15, -0.1) is 0 Å². The van der Waals surface area contributed by atoms with E-state index in [1.807, 2.05) is 0 Å². The van der Waals surface area contributed by atoms with E-state index < -0.39 is 0 Å². The first-order chi connectivity index (χ1) is 8.37. The van der Waals surface area contributed by atoms with Crippen LogP contribution in [0.3, 0.4) is 0 Å². The fraction of sp³-hybridized carbons (Fsp3) is 0.600. The van der Waals surface area contributed by atoms with Gasteiger partial charge in [0.25, 0.3) is 0 Å². The van der Waals surface area contributed by atoms with Gasteiger partial charge in [0.15, 0.2) is 0 Å². The van der Waals surface area contributed by atoms with Crippen molar-refractivity contribution in [1.82, 2.24) is 4.90 Å². The van der Waals surface area contributed by atoms with Gasteiger partial charge in [-0.05, 0) is 49.4 Å². The lowest BCUT2D eigenvalue weighted by molar-refractivity contribution is 0.0844. The zero-order valence-electron chi connectivity index (χ0n) is 11.5.